The second-order valence-electron chi connectivity index (χ2n) is 4.31. The van der Waals surface area contributed by atoms with Gasteiger partial charge < -0.3 is 11.1 Å². The van der Waals surface area contributed by atoms with Gasteiger partial charge in [-0.15, -0.1) is 0 Å². The average Bonchev–Trinajstić information content (AvgIpc) is 2.34. The van der Waals surface area contributed by atoms with Crippen LogP contribution < -0.4 is 11.1 Å². The van der Waals surface area contributed by atoms with Crippen LogP contribution in [0.3, 0.4) is 0 Å². The van der Waals surface area contributed by atoms with Gasteiger partial charge in [0, 0.05) is 5.69 Å². The Kier molecular flexibility index (Phi) is 5.50. The van der Waals surface area contributed by atoms with Crippen LogP contribution in [0.5, 0.6) is 0 Å². The summed E-state index contributed by atoms with van der Waals surface area (Å²) in [4.78, 5) is 12.0. The molecule has 0 aliphatic rings. The van der Waals surface area contributed by atoms with Gasteiger partial charge in [0.15, 0.2) is 0 Å². The van der Waals surface area contributed by atoms with Gasteiger partial charge in [-0.2, -0.15) is 13.2 Å². The maximum absolute atomic E-state index is 12.6. The Hall–Kier alpha value is -1.63. The summed E-state index contributed by atoms with van der Waals surface area (Å²) in [6.45, 7) is 1.86. The number of alkyl halides is 3. The zero-order valence-electron chi connectivity index (χ0n) is 10.8. The molecule has 0 bridgehead atoms. The first-order valence-corrected chi connectivity index (χ1v) is 6.44. The summed E-state index contributed by atoms with van der Waals surface area (Å²) in [5.74, 6) is -1.16. The Labute approximate surface area is 120 Å². The predicted octanol–water partition coefficient (Wildman–Crippen LogP) is 3.35. The molecule has 1 aromatic carbocycles. The molecular weight excluding hydrogens is 289 g/mol. The average molecular weight is 304 g/mol. The Balaban J connectivity index is 2.87. The van der Waals surface area contributed by atoms with E-state index in [4.69, 9.17) is 18.0 Å². The molecule has 3 N–H and O–H groups in total. The van der Waals surface area contributed by atoms with Crippen molar-refractivity contribution in [2.24, 2.45) is 11.7 Å². The smallest absolute Gasteiger partial charge is 0.393 e. The van der Waals surface area contributed by atoms with Crippen molar-refractivity contribution < 1.29 is 18.0 Å². The van der Waals surface area contributed by atoms with Gasteiger partial charge in [0.1, 0.15) is 0 Å². The maximum Gasteiger partial charge on any atom is 0.416 e. The topological polar surface area (TPSA) is 55.1 Å². The van der Waals surface area contributed by atoms with Gasteiger partial charge >= 0.3 is 6.18 Å². The van der Waals surface area contributed by atoms with E-state index >= 15 is 0 Å². The second kappa shape index (κ2) is 6.69. The molecule has 0 saturated heterocycles. The van der Waals surface area contributed by atoms with Crippen molar-refractivity contribution in [2.75, 3.05) is 5.32 Å². The van der Waals surface area contributed by atoms with E-state index in [-0.39, 0.29) is 10.7 Å². The number of rotatable bonds is 5. The molecule has 1 amide bonds. The minimum Gasteiger partial charge on any atom is -0.393 e. The molecule has 0 saturated carbocycles. The Morgan fingerprint density at radius 2 is 2.10 bits per heavy atom. The lowest BCUT2D eigenvalue weighted by Gasteiger charge is -2.15. The molecule has 1 rings (SSSR count). The zero-order valence-corrected chi connectivity index (χ0v) is 11.6. The van der Waals surface area contributed by atoms with E-state index < -0.39 is 23.6 Å². The fraction of sp³-hybridized carbons (Fsp3) is 0.385. The molecular formula is C13H15F3N2OS. The summed E-state index contributed by atoms with van der Waals surface area (Å²) < 4.78 is 37.7. The maximum atomic E-state index is 12.6. The summed E-state index contributed by atoms with van der Waals surface area (Å²) in [5.41, 5.74) is 4.72. The van der Waals surface area contributed by atoms with Gasteiger partial charge in [-0.3, -0.25) is 4.79 Å². The van der Waals surface area contributed by atoms with Crippen LogP contribution in [0.1, 0.15) is 25.3 Å². The molecule has 0 aromatic heterocycles. The number of carbonyl (C=O) groups is 1. The van der Waals surface area contributed by atoms with Crippen molar-refractivity contribution in [3.63, 3.8) is 0 Å². The number of amides is 1. The van der Waals surface area contributed by atoms with E-state index in [1.54, 1.807) is 0 Å². The Bertz CT molecular complexity index is 503. The Morgan fingerprint density at radius 1 is 1.45 bits per heavy atom. The standard InChI is InChI=1S/C13H15F3N2OS/c1-2-4-10(11(17)20)12(19)18-9-6-3-5-8(7-9)13(14,15)16/h3,5-7,10H,2,4H2,1H3,(H2,17,20)(H,18,19). The molecule has 3 nitrogen and oxygen atoms in total. The summed E-state index contributed by atoms with van der Waals surface area (Å²) >= 11 is 4.80. The lowest BCUT2D eigenvalue weighted by molar-refractivity contribution is -0.137. The molecule has 110 valence electrons. The minimum atomic E-state index is -4.45. The van der Waals surface area contributed by atoms with E-state index in [0.29, 0.717) is 12.8 Å². The Morgan fingerprint density at radius 3 is 2.60 bits per heavy atom. The van der Waals surface area contributed by atoms with Crippen molar-refractivity contribution in [1.82, 2.24) is 0 Å². The van der Waals surface area contributed by atoms with Crippen LogP contribution in [0.15, 0.2) is 24.3 Å². The number of benzene rings is 1. The summed E-state index contributed by atoms with van der Waals surface area (Å²) in [7, 11) is 0. The monoisotopic (exact) mass is 304 g/mol. The zero-order chi connectivity index (χ0) is 15.3. The first-order chi connectivity index (χ1) is 9.25. The fourth-order valence-corrected chi connectivity index (χ4v) is 1.92. The lowest BCUT2D eigenvalue weighted by Crippen LogP contribution is -2.33. The van der Waals surface area contributed by atoms with Gasteiger partial charge in [-0.1, -0.05) is 31.6 Å². The summed E-state index contributed by atoms with van der Waals surface area (Å²) in [6.07, 6.45) is -3.30. The molecule has 1 aromatic rings. The molecule has 0 spiro atoms. The van der Waals surface area contributed by atoms with Crippen LogP contribution in [0.25, 0.3) is 0 Å². The van der Waals surface area contributed by atoms with Gasteiger partial charge in [0.2, 0.25) is 5.91 Å². The largest absolute Gasteiger partial charge is 0.416 e. The van der Waals surface area contributed by atoms with Crippen LogP contribution in [0.4, 0.5) is 18.9 Å². The van der Waals surface area contributed by atoms with Crippen molar-refractivity contribution in [2.45, 2.75) is 25.9 Å². The number of thiocarbonyl (C=S) groups is 1. The molecule has 20 heavy (non-hydrogen) atoms. The van der Waals surface area contributed by atoms with Crippen LogP contribution in [-0.4, -0.2) is 10.9 Å². The third-order valence-electron chi connectivity index (χ3n) is 2.69. The first kappa shape index (κ1) is 16.4. The number of hydrogen-bond donors (Lipinski definition) is 2. The molecule has 7 heteroatoms. The van der Waals surface area contributed by atoms with E-state index in [2.05, 4.69) is 5.32 Å². The highest BCUT2D eigenvalue weighted by molar-refractivity contribution is 7.80. The highest BCUT2D eigenvalue weighted by Crippen LogP contribution is 2.30. The number of hydrogen-bond acceptors (Lipinski definition) is 2. The lowest BCUT2D eigenvalue weighted by atomic mass is 10.0. The van der Waals surface area contributed by atoms with Crippen LogP contribution >= 0.6 is 12.2 Å². The van der Waals surface area contributed by atoms with Gasteiger partial charge in [-0.25, -0.2) is 0 Å². The van der Waals surface area contributed by atoms with Crippen molar-refractivity contribution >= 4 is 28.8 Å². The third-order valence-corrected chi connectivity index (χ3v) is 2.98. The van der Waals surface area contributed by atoms with E-state index in [1.165, 1.54) is 12.1 Å². The van der Waals surface area contributed by atoms with E-state index in [9.17, 15) is 18.0 Å². The van der Waals surface area contributed by atoms with Gasteiger partial charge in [-0.05, 0) is 24.6 Å². The van der Waals surface area contributed by atoms with Crippen molar-refractivity contribution in [3.05, 3.63) is 29.8 Å². The van der Waals surface area contributed by atoms with Crippen molar-refractivity contribution in [3.8, 4) is 0 Å². The molecule has 0 aliphatic heterocycles. The number of nitrogens with one attached hydrogen (secondary N) is 1. The normalized spacial score (nSPS) is 12.8. The summed E-state index contributed by atoms with van der Waals surface area (Å²) in [6, 6.07) is 4.43. The second-order valence-corrected chi connectivity index (χ2v) is 4.78. The van der Waals surface area contributed by atoms with E-state index in [1.807, 2.05) is 6.92 Å². The molecule has 0 fully saturated rings. The van der Waals surface area contributed by atoms with E-state index in [0.717, 1.165) is 12.1 Å². The van der Waals surface area contributed by atoms with Crippen molar-refractivity contribution in [1.29, 1.82) is 0 Å². The van der Waals surface area contributed by atoms with Gasteiger partial charge in [0.25, 0.3) is 0 Å². The first-order valence-electron chi connectivity index (χ1n) is 6.03. The minimum absolute atomic E-state index is 0.0383. The van der Waals surface area contributed by atoms with Gasteiger partial charge in [0.05, 0.1) is 16.5 Å². The van der Waals surface area contributed by atoms with Crippen LogP contribution in [-0.2, 0) is 11.0 Å². The molecule has 0 radical (unpaired) electrons. The number of nitrogens with two attached hydrogens (primary N) is 1. The summed E-state index contributed by atoms with van der Waals surface area (Å²) in [5, 5.41) is 2.41. The van der Waals surface area contributed by atoms with Crippen LogP contribution in [0, 0.1) is 5.92 Å². The number of carbonyl (C=O) groups excluding carboxylic acids is 1. The molecule has 0 heterocycles. The number of anilines is 1. The number of halogens is 3. The highest BCUT2D eigenvalue weighted by Gasteiger charge is 2.30. The predicted molar refractivity (Wildman–Crippen MR) is 75.3 cm³/mol. The quantitative estimate of drug-likeness (QED) is 0.820. The molecule has 1 unspecified atom stereocenters. The fourth-order valence-electron chi connectivity index (χ4n) is 1.69. The molecule has 0 aliphatic carbocycles. The highest BCUT2D eigenvalue weighted by atomic mass is 32.1. The van der Waals surface area contributed by atoms with Crippen LogP contribution in [0.2, 0.25) is 0 Å². The molecule has 1 atom stereocenters. The third kappa shape index (κ3) is 4.48. The SMILES string of the molecule is CCCC(C(=O)Nc1cccc(C(F)(F)F)c1)C(N)=S.